The van der Waals surface area contributed by atoms with Gasteiger partial charge in [0.15, 0.2) is 0 Å². The lowest BCUT2D eigenvalue weighted by Gasteiger charge is -1.95. The average molecular weight is 272 g/mol. The minimum absolute atomic E-state index is 0.162. The normalized spacial score (nSPS) is 10.4. The molecule has 1 heterocycles. The lowest BCUT2D eigenvalue weighted by molar-refractivity contribution is 1.22. The summed E-state index contributed by atoms with van der Waals surface area (Å²) in [5.74, 6) is 0. The van der Waals surface area contributed by atoms with Gasteiger partial charge in [-0.3, -0.25) is 4.79 Å². The highest BCUT2D eigenvalue weighted by atomic mass is 127. The molecule has 0 aliphatic rings. The van der Waals surface area contributed by atoms with Gasteiger partial charge in [0.25, 0.3) is 5.56 Å². The summed E-state index contributed by atoms with van der Waals surface area (Å²) in [6.07, 6.45) is 1.29. The van der Waals surface area contributed by atoms with E-state index in [9.17, 15) is 4.79 Å². The molecule has 0 saturated carbocycles. The number of nitrogens with one attached hydrogen (secondary N) is 1. The summed E-state index contributed by atoms with van der Waals surface area (Å²) in [6, 6.07) is 5.73. The predicted octanol–water partition coefficient (Wildman–Crippen LogP) is 1.53. The van der Waals surface area contributed by atoms with Crippen molar-refractivity contribution in [1.82, 2.24) is 9.97 Å². The fraction of sp³-hybridized carbons (Fsp3) is 0. The van der Waals surface area contributed by atoms with E-state index in [4.69, 9.17) is 0 Å². The van der Waals surface area contributed by atoms with Gasteiger partial charge in [-0.05, 0) is 40.8 Å². The van der Waals surface area contributed by atoms with Gasteiger partial charge in [-0.25, -0.2) is 4.98 Å². The van der Waals surface area contributed by atoms with Gasteiger partial charge in [0.05, 0.1) is 17.2 Å². The first-order valence-electron chi connectivity index (χ1n) is 3.40. The molecule has 0 bridgehead atoms. The Morgan fingerprint density at radius 2 is 2.25 bits per heavy atom. The van der Waals surface area contributed by atoms with E-state index in [1.54, 1.807) is 0 Å². The maximum Gasteiger partial charge on any atom is 0.266 e. The first kappa shape index (κ1) is 7.72. The minimum atomic E-state index is -0.162. The van der Waals surface area contributed by atoms with Crippen molar-refractivity contribution in [1.29, 1.82) is 0 Å². The second-order valence-electron chi connectivity index (χ2n) is 2.41. The summed E-state index contributed by atoms with van der Waals surface area (Å²) in [4.78, 5) is 17.6. The number of aromatic nitrogens is 2. The first-order valence-corrected chi connectivity index (χ1v) is 4.48. The summed E-state index contributed by atoms with van der Waals surface area (Å²) in [6.45, 7) is 0. The molecule has 3 nitrogen and oxygen atoms in total. The zero-order valence-corrected chi connectivity index (χ0v) is 8.20. The molecular weight excluding hydrogens is 267 g/mol. The van der Waals surface area contributed by atoms with E-state index in [2.05, 4.69) is 32.6 Å². The van der Waals surface area contributed by atoms with Crippen molar-refractivity contribution in [2.45, 2.75) is 0 Å². The molecular formula is C8H5IN2O. The Hall–Kier alpha value is -0.910. The maximum atomic E-state index is 10.9. The number of halogens is 1. The molecule has 0 saturated heterocycles. The highest BCUT2D eigenvalue weighted by Crippen LogP contribution is 2.10. The molecule has 12 heavy (non-hydrogen) atoms. The Morgan fingerprint density at radius 3 is 3.08 bits per heavy atom. The lowest BCUT2D eigenvalue weighted by Crippen LogP contribution is -2.04. The number of aromatic amines is 1. The standard InChI is InChI=1S/C8H5IN2O/c9-5-1-2-6-7(3-5)11-8(12)4-10-6/h1-4H,(H,11,12). The van der Waals surface area contributed by atoms with Crippen LogP contribution in [0.3, 0.4) is 0 Å². The molecule has 60 valence electrons. The van der Waals surface area contributed by atoms with Crippen molar-refractivity contribution >= 4 is 33.6 Å². The van der Waals surface area contributed by atoms with Crippen LogP contribution in [0.25, 0.3) is 11.0 Å². The van der Waals surface area contributed by atoms with Crippen molar-refractivity contribution in [2.24, 2.45) is 0 Å². The summed E-state index contributed by atoms with van der Waals surface area (Å²) in [5, 5.41) is 0. The molecule has 0 fully saturated rings. The van der Waals surface area contributed by atoms with Gasteiger partial charge in [0.2, 0.25) is 0 Å². The summed E-state index contributed by atoms with van der Waals surface area (Å²) >= 11 is 2.19. The number of fused-ring (bicyclic) bond motifs is 1. The molecule has 0 amide bonds. The molecule has 0 atom stereocenters. The van der Waals surface area contributed by atoms with Crippen LogP contribution in [0.15, 0.2) is 29.2 Å². The van der Waals surface area contributed by atoms with E-state index in [0.29, 0.717) is 0 Å². The lowest BCUT2D eigenvalue weighted by atomic mass is 10.3. The molecule has 4 heteroatoms. The Bertz CT molecular complexity index is 478. The van der Waals surface area contributed by atoms with Gasteiger partial charge in [-0.1, -0.05) is 0 Å². The van der Waals surface area contributed by atoms with Crippen molar-refractivity contribution in [3.63, 3.8) is 0 Å². The van der Waals surface area contributed by atoms with Gasteiger partial charge in [0, 0.05) is 3.57 Å². The molecule has 0 radical (unpaired) electrons. The second-order valence-corrected chi connectivity index (χ2v) is 3.65. The molecule has 2 rings (SSSR count). The van der Waals surface area contributed by atoms with Gasteiger partial charge >= 0.3 is 0 Å². The van der Waals surface area contributed by atoms with Crippen LogP contribution < -0.4 is 5.56 Å². The second kappa shape index (κ2) is 2.85. The minimum Gasteiger partial charge on any atom is -0.319 e. The first-order chi connectivity index (χ1) is 5.75. The van der Waals surface area contributed by atoms with Crippen LogP contribution in [-0.4, -0.2) is 9.97 Å². The summed E-state index contributed by atoms with van der Waals surface area (Å²) in [7, 11) is 0. The molecule has 0 spiro atoms. The molecule has 0 aliphatic carbocycles. The van der Waals surface area contributed by atoms with Crippen molar-refractivity contribution in [3.05, 3.63) is 38.3 Å². The number of benzene rings is 1. The monoisotopic (exact) mass is 272 g/mol. The Balaban J connectivity index is 2.89. The number of hydrogen-bond donors (Lipinski definition) is 1. The fourth-order valence-electron chi connectivity index (χ4n) is 1.01. The van der Waals surface area contributed by atoms with Crippen molar-refractivity contribution < 1.29 is 0 Å². The third-order valence-electron chi connectivity index (χ3n) is 1.54. The Kier molecular flexibility index (Phi) is 1.84. The van der Waals surface area contributed by atoms with Crippen molar-refractivity contribution in [2.75, 3.05) is 0 Å². The van der Waals surface area contributed by atoms with E-state index >= 15 is 0 Å². The van der Waals surface area contributed by atoms with E-state index in [0.717, 1.165) is 14.6 Å². The highest BCUT2D eigenvalue weighted by Gasteiger charge is 1.94. The van der Waals surface area contributed by atoms with Gasteiger partial charge in [-0.2, -0.15) is 0 Å². The largest absolute Gasteiger partial charge is 0.319 e. The van der Waals surface area contributed by atoms with Crippen LogP contribution in [-0.2, 0) is 0 Å². The number of rotatable bonds is 0. The number of hydrogen-bond acceptors (Lipinski definition) is 2. The molecule has 0 unspecified atom stereocenters. The third kappa shape index (κ3) is 1.34. The van der Waals surface area contributed by atoms with E-state index < -0.39 is 0 Å². The number of nitrogens with zero attached hydrogens (tertiary/aromatic N) is 1. The van der Waals surface area contributed by atoms with E-state index in [1.165, 1.54) is 6.20 Å². The van der Waals surface area contributed by atoms with Gasteiger partial charge in [-0.15, -0.1) is 0 Å². The van der Waals surface area contributed by atoms with E-state index in [-0.39, 0.29) is 5.56 Å². The Labute approximate surface area is 82.0 Å². The average Bonchev–Trinajstić information content (AvgIpc) is 2.03. The van der Waals surface area contributed by atoms with Crippen LogP contribution in [0.5, 0.6) is 0 Å². The molecule has 1 aromatic carbocycles. The molecule has 0 aliphatic heterocycles. The summed E-state index contributed by atoms with van der Waals surface area (Å²) < 4.78 is 1.09. The van der Waals surface area contributed by atoms with Crippen LogP contribution in [0, 0.1) is 3.57 Å². The topological polar surface area (TPSA) is 45.8 Å². The highest BCUT2D eigenvalue weighted by molar-refractivity contribution is 14.1. The van der Waals surface area contributed by atoms with Crippen LogP contribution in [0.4, 0.5) is 0 Å². The molecule has 1 aromatic heterocycles. The predicted molar refractivity (Wildman–Crippen MR) is 55.1 cm³/mol. The van der Waals surface area contributed by atoms with Crippen LogP contribution in [0.2, 0.25) is 0 Å². The van der Waals surface area contributed by atoms with Gasteiger partial charge < -0.3 is 4.98 Å². The summed E-state index contributed by atoms with van der Waals surface area (Å²) in [5.41, 5.74) is 1.44. The van der Waals surface area contributed by atoms with E-state index in [1.807, 2.05) is 18.2 Å². The zero-order chi connectivity index (χ0) is 8.55. The zero-order valence-electron chi connectivity index (χ0n) is 6.04. The van der Waals surface area contributed by atoms with Crippen molar-refractivity contribution in [3.8, 4) is 0 Å². The molecule has 1 N–H and O–H groups in total. The maximum absolute atomic E-state index is 10.9. The molecule has 2 aromatic rings. The number of H-pyrrole nitrogens is 1. The third-order valence-corrected chi connectivity index (χ3v) is 2.21. The van der Waals surface area contributed by atoms with Gasteiger partial charge in [0.1, 0.15) is 0 Å². The SMILES string of the molecule is O=c1cnc2ccc(I)cc2[nH]1. The smallest absolute Gasteiger partial charge is 0.266 e. The Morgan fingerprint density at radius 1 is 1.42 bits per heavy atom. The van der Waals surface area contributed by atoms with Crippen LogP contribution in [0.1, 0.15) is 0 Å². The van der Waals surface area contributed by atoms with Crippen LogP contribution >= 0.6 is 22.6 Å². The fourth-order valence-corrected chi connectivity index (χ4v) is 1.51. The quantitative estimate of drug-likeness (QED) is 0.739.